The van der Waals surface area contributed by atoms with Gasteiger partial charge in [-0.2, -0.15) is 0 Å². The second kappa shape index (κ2) is 2.83. The van der Waals surface area contributed by atoms with Crippen LogP contribution in [0.5, 0.6) is 0 Å². The van der Waals surface area contributed by atoms with Gasteiger partial charge in [0.05, 0.1) is 6.10 Å². The van der Waals surface area contributed by atoms with Crippen LogP contribution in [0.15, 0.2) is 24.8 Å². The summed E-state index contributed by atoms with van der Waals surface area (Å²) in [4.78, 5) is 0. The zero-order chi connectivity index (χ0) is 6.69. The summed E-state index contributed by atoms with van der Waals surface area (Å²) in [6.45, 7) is 3.64. The van der Waals surface area contributed by atoms with Crippen LogP contribution >= 0.6 is 0 Å². The van der Waals surface area contributed by atoms with Crippen LogP contribution in [0.4, 0.5) is 0 Å². The van der Waals surface area contributed by atoms with E-state index >= 15 is 0 Å². The number of aliphatic hydroxyl groups excluding tert-OH is 1. The van der Waals surface area contributed by atoms with Crippen molar-refractivity contribution >= 4 is 0 Å². The summed E-state index contributed by atoms with van der Waals surface area (Å²) in [7, 11) is 0. The van der Waals surface area contributed by atoms with Gasteiger partial charge in [0.25, 0.3) is 0 Å². The van der Waals surface area contributed by atoms with E-state index in [9.17, 15) is 5.11 Å². The number of hydrogen-bond donors (Lipinski definition) is 1. The van der Waals surface area contributed by atoms with E-state index in [1.54, 1.807) is 0 Å². The predicted octanol–water partition coefficient (Wildman–Crippen LogP) is 1.50. The first kappa shape index (κ1) is 6.56. The number of aliphatic hydroxyl groups is 1. The number of rotatable bonds is 1. The molecule has 0 saturated heterocycles. The fraction of sp³-hybridized carbons (Fsp3) is 0.500. The van der Waals surface area contributed by atoms with Gasteiger partial charge in [0.2, 0.25) is 0 Å². The summed E-state index contributed by atoms with van der Waals surface area (Å²) in [6.07, 6.45) is 7.53. The normalized spacial score (nSPS) is 34.3. The lowest BCUT2D eigenvalue weighted by Gasteiger charge is -2.18. The van der Waals surface area contributed by atoms with Gasteiger partial charge in [-0.25, -0.2) is 0 Å². The third-order valence-corrected chi connectivity index (χ3v) is 1.74. The summed E-state index contributed by atoms with van der Waals surface area (Å²) in [6, 6.07) is 0. The van der Waals surface area contributed by atoms with Crippen molar-refractivity contribution in [2.24, 2.45) is 5.92 Å². The van der Waals surface area contributed by atoms with Gasteiger partial charge in [-0.05, 0) is 12.8 Å². The fourth-order valence-corrected chi connectivity index (χ4v) is 1.10. The highest BCUT2D eigenvalue weighted by molar-refractivity contribution is 5.02. The molecule has 9 heavy (non-hydrogen) atoms. The molecule has 0 saturated carbocycles. The van der Waals surface area contributed by atoms with E-state index in [2.05, 4.69) is 6.58 Å². The maximum absolute atomic E-state index is 9.21. The maximum Gasteiger partial charge on any atom is 0.0783 e. The Bertz CT molecular complexity index is 127. The molecule has 0 heterocycles. The molecule has 1 aliphatic carbocycles. The molecule has 1 rings (SSSR count). The van der Waals surface area contributed by atoms with Crippen LogP contribution < -0.4 is 0 Å². The molecule has 0 aromatic carbocycles. The molecule has 2 unspecified atom stereocenters. The van der Waals surface area contributed by atoms with Crippen molar-refractivity contribution in [2.75, 3.05) is 0 Å². The van der Waals surface area contributed by atoms with Gasteiger partial charge < -0.3 is 5.11 Å². The van der Waals surface area contributed by atoms with E-state index in [4.69, 9.17) is 0 Å². The molecule has 0 aromatic rings. The quantitative estimate of drug-likeness (QED) is 0.525. The molecule has 1 aliphatic rings. The average molecular weight is 124 g/mol. The highest BCUT2D eigenvalue weighted by Crippen LogP contribution is 2.18. The molecule has 1 N–H and O–H groups in total. The maximum atomic E-state index is 9.21. The molecule has 0 aromatic heterocycles. The zero-order valence-corrected chi connectivity index (χ0v) is 5.46. The Kier molecular flexibility index (Phi) is 2.06. The van der Waals surface area contributed by atoms with E-state index in [0.717, 1.165) is 12.8 Å². The smallest absolute Gasteiger partial charge is 0.0783 e. The van der Waals surface area contributed by atoms with Gasteiger partial charge >= 0.3 is 0 Å². The second-order valence-electron chi connectivity index (χ2n) is 2.40. The topological polar surface area (TPSA) is 20.2 Å². The Morgan fingerprint density at radius 1 is 1.67 bits per heavy atom. The molecule has 1 nitrogen and oxygen atoms in total. The lowest BCUT2D eigenvalue weighted by Crippen LogP contribution is -2.17. The molecular weight excluding hydrogens is 112 g/mol. The molecular formula is C8H12O. The minimum absolute atomic E-state index is 0.281. The Morgan fingerprint density at radius 3 is 2.89 bits per heavy atom. The Labute approximate surface area is 55.7 Å². The van der Waals surface area contributed by atoms with Gasteiger partial charge in [0, 0.05) is 5.92 Å². The van der Waals surface area contributed by atoms with Crippen LogP contribution in [0.25, 0.3) is 0 Å². The third kappa shape index (κ3) is 1.42. The third-order valence-electron chi connectivity index (χ3n) is 1.74. The van der Waals surface area contributed by atoms with E-state index in [-0.39, 0.29) is 12.0 Å². The van der Waals surface area contributed by atoms with Crippen molar-refractivity contribution in [2.45, 2.75) is 18.9 Å². The summed E-state index contributed by atoms with van der Waals surface area (Å²) < 4.78 is 0. The van der Waals surface area contributed by atoms with E-state index in [1.165, 1.54) is 0 Å². The monoisotopic (exact) mass is 124 g/mol. The van der Waals surface area contributed by atoms with E-state index < -0.39 is 0 Å². The van der Waals surface area contributed by atoms with Gasteiger partial charge in [-0.3, -0.25) is 0 Å². The summed E-state index contributed by atoms with van der Waals surface area (Å²) in [5.74, 6) is 0.287. The Morgan fingerprint density at radius 2 is 2.44 bits per heavy atom. The molecule has 0 spiro atoms. The molecule has 0 aliphatic heterocycles. The summed E-state index contributed by atoms with van der Waals surface area (Å²) >= 11 is 0. The van der Waals surface area contributed by atoms with Crippen LogP contribution in [-0.4, -0.2) is 11.2 Å². The van der Waals surface area contributed by atoms with Crippen LogP contribution in [-0.2, 0) is 0 Å². The highest BCUT2D eigenvalue weighted by Gasteiger charge is 2.14. The standard InChI is InChI=1S/C8H12O/c1-2-7-5-3-4-6-8(7)9/h2,4,6-9H,1,3,5H2. The summed E-state index contributed by atoms with van der Waals surface area (Å²) in [5, 5.41) is 9.21. The lowest BCUT2D eigenvalue weighted by atomic mass is 9.92. The van der Waals surface area contributed by atoms with E-state index in [1.807, 2.05) is 18.2 Å². The summed E-state index contributed by atoms with van der Waals surface area (Å²) in [5.41, 5.74) is 0. The predicted molar refractivity (Wildman–Crippen MR) is 38.1 cm³/mol. The van der Waals surface area contributed by atoms with Crippen molar-refractivity contribution in [1.29, 1.82) is 0 Å². The van der Waals surface area contributed by atoms with Crippen LogP contribution in [0.1, 0.15) is 12.8 Å². The first-order valence-corrected chi connectivity index (χ1v) is 3.32. The van der Waals surface area contributed by atoms with Crippen LogP contribution in [0.3, 0.4) is 0 Å². The minimum atomic E-state index is -0.281. The molecule has 0 bridgehead atoms. The van der Waals surface area contributed by atoms with Crippen LogP contribution in [0.2, 0.25) is 0 Å². The molecule has 1 heteroatoms. The Balaban J connectivity index is 2.54. The highest BCUT2D eigenvalue weighted by atomic mass is 16.3. The first-order valence-electron chi connectivity index (χ1n) is 3.32. The molecule has 50 valence electrons. The minimum Gasteiger partial charge on any atom is -0.388 e. The molecule has 2 atom stereocenters. The molecule has 0 amide bonds. The second-order valence-corrected chi connectivity index (χ2v) is 2.40. The fourth-order valence-electron chi connectivity index (χ4n) is 1.10. The van der Waals surface area contributed by atoms with Crippen molar-refractivity contribution < 1.29 is 5.11 Å². The van der Waals surface area contributed by atoms with Crippen molar-refractivity contribution in [3.63, 3.8) is 0 Å². The van der Waals surface area contributed by atoms with Crippen LogP contribution in [0, 0.1) is 5.92 Å². The lowest BCUT2D eigenvalue weighted by molar-refractivity contribution is 0.166. The van der Waals surface area contributed by atoms with Crippen molar-refractivity contribution in [3.05, 3.63) is 24.8 Å². The Hall–Kier alpha value is -0.560. The number of hydrogen-bond acceptors (Lipinski definition) is 1. The molecule has 0 radical (unpaired) electrons. The van der Waals surface area contributed by atoms with Crippen molar-refractivity contribution in [1.82, 2.24) is 0 Å². The SMILES string of the molecule is C=CC1CCC=CC1O. The van der Waals surface area contributed by atoms with Gasteiger partial charge in [-0.15, -0.1) is 6.58 Å². The number of allylic oxidation sites excluding steroid dienone is 1. The van der Waals surface area contributed by atoms with Crippen molar-refractivity contribution in [3.8, 4) is 0 Å². The largest absolute Gasteiger partial charge is 0.388 e. The zero-order valence-electron chi connectivity index (χ0n) is 5.46. The van der Waals surface area contributed by atoms with E-state index in [0.29, 0.717) is 0 Å². The average Bonchev–Trinajstić information content (AvgIpc) is 1.89. The first-order chi connectivity index (χ1) is 4.34. The van der Waals surface area contributed by atoms with Gasteiger partial charge in [0.15, 0.2) is 0 Å². The molecule has 0 fully saturated rings. The van der Waals surface area contributed by atoms with Gasteiger partial charge in [0.1, 0.15) is 0 Å². The van der Waals surface area contributed by atoms with Gasteiger partial charge in [-0.1, -0.05) is 18.2 Å².